The smallest absolute Gasteiger partial charge is 0.160 e. The van der Waals surface area contributed by atoms with Crippen molar-refractivity contribution in [2.75, 3.05) is 14.2 Å². The summed E-state index contributed by atoms with van der Waals surface area (Å²) in [7, 11) is 3.32. The van der Waals surface area contributed by atoms with Gasteiger partial charge in [-0.15, -0.1) is 0 Å². The van der Waals surface area contributed by atoms with Gasteiger partial charge in [-0.3, -0.25) is 0 Å². The van der Waals surface area contributed by atoms with Crippen molar-refractivity contribution in [1.82, 2.24) is 0 Å². The molecule has 3 heteroatoms. The Hall–Kier alpha value is -0.700. The van der Waals surface area contributed by atoms with Crippen LogP contribution in [0.3, 0.4) is 0 Å². The Morgan fingerprint density at radius 1 is 1.19 bits per heavy atom. The van der Waals surface area contributed by atoms with Crippen molar-refractivity contribution in [1.29, 1.82) is 0 Å². The lowest BCUT2D eigenvalue weighted by Gasteiger charge is -2.18. The molecule has 0 spiro atoms. The predicted molar refractivity (Wildman–Crippen MR) is 71.0 cm³/mol. The summed E-state index contributed by atoms with van der Waals surface area (Å²) in [6.45, 7) is 4.39. The fraction of sp³-hybridized carbons (Fsp3) is 0.538. The van der Waals surface area contributed by atoms with E-state index in [9.17, 15) is 0 Å². The Labute approximate surface area is 106 Å². The van der Waals surface area contributed by atoms with Crippen LogP contribution < -0.4 is 9.47 Å². The Balaban J connectivity index is 2.98. The molecule has 2 unspecified atom stereocenters. The van der Waals surface area contributed by atoms with Crippen LogP contribution in [0.25, 0.3) is 0 Å². The molecule has 1 aromatic rings. The second-order valence-electron chi connectivity index (χ2n) is 3.83. The number of methoxy groups -OCH3 is 2. The van der Waals surface area contributed by atoms with Gasteiger partial charge in [0.25, 0.3) is 0 Å². The summed E-state index contributed by atoms with van der Waals surface area (Å²) < 4.78 is 10.5. The molecular weight excluding hydrogens is 268 g/mol. The third-order valence-corrected chi connectivity index (χ3v) is 4.31. The number of hydrogen-bond acceptors (Lipinski definition) is 2. The standard InChI is InChI=1S/C13H19BrO2/c1-5-11(14)9(2)10-6-7-12(15-3)13(8-10)16-4/h6-9,11H,5H2,1-4H3. The van der Waals surface area contributed by atoms with Crippen molar-refractivity contribution in [3.8, 4) is 11.5 Å². The highest BCUT2D eigenvalue weighted by Gasteiger charge is 2.16. The van der Waals surface area contributed by atoms with E-state index in [1.807, 2.05) is 12.1 Å². The van der Waals surface area contributed by atoms with E-state index in [0.29, 0.717) is 10.7 Å². The summed E-state index contributed by atoms with van der Waals surface area (Å²) in [6.07, 6.45) is 1.11. The van der Waals surface area contributed by atoms with E-state index in [0.717, 1.165) is 17.9 Å². The Morgan fingerprint density at radius 3 is 2.31 bits per heavy atom. The average Bonchev–Trinajstić information content (AvgIpc) is 2.35. The molecule has 0 saturated carbocycles. The van der Waals surface area contributed by atoms with Gasteiger partial charge in [-0.05, 0) is 30.0 Å². The van der Waals surface area contributed by atoms with Crippen molar-refractivity contribution in [2.45, 2.75) is 31.0 Å². The number of hydrogen-bond donors (Lipinski definition) is 0. The van der Waals surface area contributed by atoms with E-state index in [2.05, 4.69) is 35.8 Å². The van der Waals surface area contributed by atoms with Crippen LogP contribution in [0.1, 0.15) is 31.7 Å². The number of benzene rings is 1. The van der Waals surface area contributed by atoms with Crippen LogP contribution in [0, 0.1) is 0 Å². The molecule has 2 atom stereocenters. The van der Waals surface area contributed by atoms with E-state index in [1.165, 1.54) is 5.56 Å². The molecule has 0 bridgehead atoms. The summed E-state index contributed by atoms with van der Waals surface area (Å²) >= 11 is 3.69. The van der Waals surface area contributed by atoms with Gasteiger partial charge in [0.05, 0.1) is 14.2 Å². The average molecular weight is 287 g/mol. The van der Waals surface area contributed by atoms with Crippen molar-refractivity contribution in [3.63, 3.8) is 0 Å². The first-order valence-corrected chi connectivity index (χ1v) is 6.41. The van der Waals surface area contributed by atoms with Crippen LogP contribution in [0.2, 0.25) is 0 Å². The van der Waals surface area contributed by atoms with Gasteiger partial charge in [-0.1, -0.05) is 35.8 Å². The molecule has 90 valence electrons. The van der Waals surface area contributed by atoms with E-state index >= 15 is 0 Å². The topological polar surface area (TPSA) is 18.5 Å². The molecule has 0 fully saturated rings. The van der Waals surface area contributed by atoms with Crippen molar-refractivity contribution in [2.24, 2.45) is 0 Å². The highest BCUT2D eigenvalue weighted by molar-refractivity contribution is 9.09. The van der Waals surface area contributed by atoms with Gasteiger partial charge in [-0.25, -0.2) is 0 Å². The van der Waals surface area contributed by atoms with Gasteiger partial charge >= 0.3 is 0 Å². The molecule has 0 saturated heterocycles. The molecule has 2 nitrogen and oxygen atoms in total. The van der Waals surface area contributed by atoms with Crippen molar-refractivity contribution < 1.29 is 9.47 Å². The second-order valence-corrected chi connectivity index (χ2v) is 5.00. The first kappa shape index (κ1) is 13.4. The van der Waals surface area contributed by atoms with Gasteiger partial charge in [0.1, 0.15) is 0 Å². The lowest BCUT2D eigenvalue weighted by molar-refractivity contribution is 0.354. The minimum Gasteiger partial charge on any atom is -0.493 e. The minimum absolute atomic E-state index is 0.463. The quantitative estimate of drug-likeness (QED) is 0.763. The second kappa shape index (κ2) is 6.14. The monoisotopic (exact) mass is 286 g/mol. The summed E-state index contributed by atoms with van der Waals surface area (Å²) in [6, 6.07) is 6.10. The SMILES string of the molecule is CCC(Br)C(C)c1ccc(OC)c(OC)c1. The van der Waals surface area contributed by atoms with Gasteiger partial charge in [0, 0.05) is 4.83 Å². The number of alkyl halides is 1. The van der Waals surface area contributed by atoms with E-state index in [-0.39, 0.29) is 0 Å². The maximum atomic E-state index is 5.30. The molecule has 0 heterocycles. The summed E-state index contributed by atoms with van der Waals surface area (Å²) in [5, 5.41) is 0. The zero-order valence-corrected chi connectivity index (χ0v) is 11.9. The number of halogens is 1. The summed E-state index contributed by atoms with van der Waals surface area (Å²) in [5.41, 5.74) is 1.27. The molecular formula is C13H19BrO2. The van der Waals surface area contributed by atoms with Crippen molar-refractivity contribution >= 4 is 15.9 Å². The Kier molecular flexibility index (Phi) is 5.13. The maximum absolute atomic E-state index is 5.30. The minimum atomic E-state index is 0.463. The first-order chi connectivity index (χ1) is 7.63. The highest BCUT2D eigenvalue weighted by Crippen LogP contribution is 2.33. The number of rotatable bonds is 5. The van der Waals surface area contributed by atoms with Crippen LogP contribution in [0.15, 0.2) is 18.2 Å². The maximum Gasteiger partial charge on any atom is 0.160 e. The van der Waals surface area contributed by atoms with E-state index in [4.69, 9.17) is 9.47 Å². The van der Waals surface area contributed by atoms with Gasteiger partial charge in [0.2, 0.25) is 0 Å². The van der Waals surface area contributed by atoms with E-state index < -0.39 is 0 Å². The molecule has 1 rings (SSSR count). The van der Waals surface area contributed by atoms with Crippen LogP contribution in [0.5, 0.6) is 11.5 Å². The third-order valence-electron chi connectivity index (χ3n) is 2.87. The summed E-state index contributed by atoms with van der Waals surface area (Å²) in [5.74, 6) is 2.04. The molecule has 0 aliphatic carbocycles. The molecule has 1 aromatic carbocycles. The third kappa shape index (κ3) is 2.91. The predicted octanol–water partition coefficient (Wildman–Crippen LogP) is 3.98. The lowest BCUT2D eigenvalue weighted by Crippen LogP contribution is -2.08. The van der Waals surface area contributed by atoms with Crippen molar-refractivity contribution in [3.05, 3.63) is 23.8 Å². The van der Waals surface area contributed by atoms with Crippen LogP contribution >= 0.6 is 15.9 Å². The fourth-order valence-corrected chi connectivity index (χ4v) is 2.00. The zero-order valence-electron chi connectivity index (χ0n) is 10.3. The highest BCUT2D eigenvalue weighted by atomic mass is 79.9. The number of ether oxygens (including phenoxy) is 2. The fourth-order valence-electron chi connectivity index (χ4n) is 1.70. The largest absolute Gasteiger partial charge is 0.493 e. The molecule has 0 radical (unpaired) electrons. The Bertz CT molecular complexity index is 339. The normalized spacial score (nSPS) is 14.3. The van der Waals surface area contributed by atoms with Gasteiger partial charge in [-0.2, -0.15) is 0 Å². The van der Waals surface area contributed by atoms with Crippen LogP contribution in [-0.4, -0.2) is 19.0 Å². The molecule has 16 heavy (non-hydrogen) atoms. The van der Waals surface area contributed by atoms with Crippen LogP contribution in [0.4, 0.5) is 0 Å². The van der Waals surface area contributed by atoms with Gasteiger partial charge in [0.15, 0.2) is 11.5 Å². The molecule has 0 N–H and O–H groups in total. The molecule has 0 aliphatic heterocycles. The van der Waals surface area contributed by atoms with Crippen LogP contribution in [-0.2, 0) is 0 Å². The molecule has 0 aliphatic rings. The molecule has 0 amide bonds. The zero-order chi connectivity index (χ0) is 12.1. The molecule has 0 aromatic heterocycles. The first-order valence-electron chi connectivity index (χ1n) is 5.50. The summed E-state index contributed by atoms with van der Waals surface area (Å²) in [4.78, 5) is 0.491. The lowest BCUT2D eigenvalue weighted by atomic mass is 9.96. The van der Waals surface area contributed by atoms with E-state index in [1.54, 1.807) is 14.2 Å². The van der Waals surface area contributed by atoms with Gasteiger partial charge < -0.3 is 9.47 Å². The Morgan fingerprint density at radius 2 is 1.81 bits per heavy atom.